The van der Waals surface area contributed by atoms with Crippen molar-refractivity contribution in [2.45, 2.75) is 13.5 Å². The summed E-state index contributed by atoms with van der Waals surface area (Å²) in [6.45, 7) is 2.14. The molecule has 18 heavy (non-hydrogen) atoms. The predicted molar refractivity (Wildman–Crippen MR) is 70.6 cm³/mol. The Kier molecular flexibility index (Phi) is 3.84. The highest BCUT2D eigenvalue weighted by Crippen LogP contribution is 2.30. The monoisotopic (exact) mass is 265 g/mol. The van der Waals surface area contributed by atoms with Gasteiger partial charge in [0.25, 0.3) is 0 Å². The van der Waals surface area contributed by atoms with E-state index in [-0.39, 0.29) is 5.82 Å². The molecular weight excluding hydrogens is 253 g/mol. The Morgan fingerprint density at radius 1 is 1.17 bits per heavy atom. The molecule has 0 amide bonds. The van der Waals surface area contributed by atoms with Crippen LogP contribution in [-0.2, 0) is 6.54 Å². The van der Waals surface area contributed by atoms with Crippen LogP contribution in [0.15, 0.2) is 36.4 Å². The summed E-state index contributed by atoms with van der Waals surface area (Å²) in [5.74, 6) is 0.901. The second kappa shape index (κ2) is 5.38. The summed E-state index contributed by atoms with van der Waals surface area (Å²) in [6, 6.07) is 9.64. The zero-order valence-corrected chi connectivity index (χ0v) is 10.7. The molecule has 2 N–H and O–H groups in total. The van der Waals surface area contributed by atoms with E-state index in [9.17, 15) is 4.39 Å². The average Bonchev–Trinajstić information content (AvgIpc) is 2.33. The lowest BCUT2D eigenvalue weighted by molar-refractivity contribution is 0.470. The Morgan fingerprint density at radius 3 is 2.61 bits per heavy atom. The van der Waals surface area contributed by atoms with Gasteiger partial charge in [-0.05, 0) is 42.8 Å². The number of benzene rings is 2. The van der Waals surface area contributed by atoms with Gasteiger partial charge in [-0.25, -0.2) is 4.39 Å². The third-order valence-corrected chi connectivity index (χ3v) is 2.84. The molecule has 4 heteroatoms. The summed E-state index contributed by atoms with van der Waals surface area (Å²) >= 11 is 5.92. The van der Waals surface area contributed by atoms with Gasteiger partial charge in [-0.15, -0.1) is 0 Å². The molecule has 2 aromatic rings. The minimum atomic E-state index is -0.287. The summed E-state index contributed by atoms with van der Waals surface area (Å²) in [4.78, 5) is 0. The van der Waals surface area contributed by atoms with E-state index in [0.717, 1.165) is 11.1 Å². The number of nitrogens with two attached hydrogens (primary N) is 1. The SMILES string of the molecule is Cc1cc(F)ccc1Oc1cc(Cl)ccc1CN. The van der Waals surface area contributed by atoms with Crippen molar-refractivity contribution >= 4 is 11.6 Å². The van der Waals surface area contributed by atoms with Crippen LogP contribution in [0.4, 0.5) is 4.39 Å². The molecule has 0 fully saturated rings. The summed E-state index contributed by atoms with van der Waals surface area (Å²) in [5.41, 5.74) is 7.20. The smallest absolute Gasteiger partial charge is 0.133 e. The lowest BCUT2D eigenvalue weighted by Crippen LogP contribution is -2.00. The van der Waals surface area contributed by atoms with E-state index < -0.39 is 0 Å². The van der Waals surface area contributed by atoms with Crippen LogP contribution in [0.25, 0.3) is 0 Å². The van der Waals surface area contributed by atoms with Crippen molar-refractivity contribution in [3.8, 4) is 11.5 Å². The Labute approximate surface area is 110 Å². The van der Waals surface area contributed by atoms with Crippen LogP contribution in [0.2, 0.25) is 5.02 Å². The lowest BCUT2D eigenvalue weighted by Gasteiger charge is -2.12. The fourth-order valence-electron chi connectivity index (χ4n) is 1.64. The normalized spacial score (nSPS) is 10.4. The van der Waals surface area contributed by atoms with Gasteiger partial charge < -0.3 is 10.5 Å². The third kappa shape index (κ3) is 2.81. The number of hydrogen-bond acceptors (Lipinski definition) is 2. The second-order valence-corrected chi connectivity index (χ2v) is 4.40. The third-order valence-electron chi connectivity index (χ3n) is 2.61. The minimum Gasteiger partial charge on any atom is -0.457 e. The van der Waals surface area contributed by atoms with Crippen LogP contribution in [0.5, 0.6) is 11.5 Å². The maximum atomic E-state index is 13.0. The van der Waals surface area contributed by atoms with Crippen LogP contribution in [-0.4, -0.2) is 0 Å². The lowest BCUT2D eigenvalue weighted by atomic mass is 10.2. The fraction of sp³-hybridized carbons (Fsp3) is 0.143. The van der Waals surface area contributed by atoms with Crippen molar-refractivity contribution in [2.75, 3.05) is 0 Å². The molecule has 0 heterocycles. The molecule has 0 aliphatic carbocycles. The molecule has 0 aromatic heterocycles. The molecule has 2 aromatic carbocycles. The zero-order valence-electron chi connectivity index (χ0n) is 9.91. The van der Waals surface area contributed by atoms with E-state index in [2.05, 4.69) is 0 Å². The Morgan fingerprint density at radius 2 is 1.94 bits per heavy atom. The van der Waals surface area contributed by atoms with E-state index in [0.29, 0.717) is 23.1 Å². The molecule has 0 aliphatic heterocycles. The van der Waals surface area contributed by atoms with Gasteiger partial charge in [-0.1, -0.05) is 17.7 Å². The number of ether oxygens (including phenoxy) is 1. The molecule has 0 aliphatic rings. The highest BCUT2D eigenvalue weighted by atomic mass is 35.5. The first kappa shape index (κ1) is 12.9. The highest BCUT2D eigenvalue weighted by Gasteiger charge is 2.07. The van der Waals surface area contributed by atoms with E-state index in [1.807, 2.05) is 6.07 Å². The highest BCUT2D eigenvalue weighted by molar-refractivity contribution is 6.30. The summed E-state index contributed by atoms with van der Waals surface area (Å²) < 4.78 is 18.7. The van der Waals surface area contributed by atoms with Crippen molar-refractivity contribution in [3.05, 3.63) is 58.4 Å². The molecule has 2 rings (SSSR count). The number of rotatable bonds is 3. The van der Waals surface area contributed by atoms with Gasteiger partial charge in [0, 0.05) is 17.1 Å². The minimum absolute atomic E-state index is 0.287. The maximum Gasteiger partial charge on any atom is 0.133 e. The first-order valence-corrected chi connectivity index (χ1v) is 5.90. The molecule has 0 bridgehead atoms. The van der Waals surface area contributed by atoms with Gasteiger partial charge in [0.2, 0.25) is 0 Å². The standard InChI is InChI=1S/C14H13ClFNO/c1-9-6-12(16)4-5-13(9)18-14-7-11(15)3-2-10(14)8-17/h2-7H,8,17H2,1H3. The van der Waals surface area contributed by atoms with Crippen molar-refractivity contribution in [1.29, 1.82) is 0 Å². The molecule has 0 spiro atoms. The summed E-state index contributed by atoms with van der Waals surface area (Å²) in [6.07, 6.45) is 0. The van der Waals surface area contributed by atoms with E-state index in [4.69, 9.17) is 22.1 Å². The van der Waals surface area contributed by atoms with Crippen molar-refractivity contribution < 1.29 is 9.13 Å². The Balaban J connectivity index is 2.36. The molecular formula is C14H13ClFNO. The Hall–Kier alpha value is -1.58. The Bertz CT molecular complexity index is 572. The van der Waals surface area contributed by atoms with Gasteiger partial charge in [0.05, 0.1) is 0 Å². The van der Waals surface area contributed by atoms with Gasteiger partial charge in [-0.2, -0.15) is 0 Å². The first-order valence-electron chi connectivity index (χ1n) is 5.52. The van der Waals surface area contributed by atoms with E-state index in [1.165, 1.54) is 12.1 Å². The van der Waals surface area contributed by atoms with Gasteiger partial charge in [0.15, 0.2) is 0 Å². The average molecular weight is 266 g/mol. The van der Waals surface area contributed by atoms with Crippen molar-refractivity contribution in [1.82, 2.24) is 0 Å². The van der Waals surface area contributed by atoms with Crippen LogP contribution in [0.3, 0.4) is 0 Å². The molecule has 0 radical (unpaired) electrons. The van der Waals surface area contributed by atoms with Gasteiger partial charge in [-0.3, -0.25) is 0 Å². The van der Waals surface area contributed by atoms with E-state index >= 15 is 0 Å². The second-order valence-electron chi connectivity index (χ2n) is 3.97. The largest absolute Gasteiger partial charge is 0.457 e. The van der Waals surface area contributed by atoms with Crippen LogP contribution in [0, 0.1) is 12.7 Å². The topological polar surface area (TPSA) is 35.2 Å². The number of hydrogen-bond donors (Lipinski definition) is 1. The molecule has 0 unspecified atom stereocenters. The maximum absolute atomic E-state index is 13.0. The molecule has 0 atom stereocenters. The van der Waals surface area contributed by atoms with Crippen LogP contribution < -0.4 is 10.5 Å². The molecule has 2 nitrogen and oxygen atoms in total. The number of halogens is 2. The zero-order chi connectivity index (χ0) is 13.1. The van der Waals surface area contributed by atoms with Crippen molar-refractivity contribution in [3.63, 3.8) is 0 Å². The summed E-state index contributed by atoms with van der Waals surface area (Å²) in [7, 11) is 0. The van der Waals surface area contributed by atoms with Crippen LogP contribution >= 0.6 is 11.6 Å². The van der Waals surface area contributed by atoms with Gasteiger partial charge in [0.1, 0.15) is 17.3 Å². The number of aryl methyl sites for hydroxylation is 1. The summed E-state index contributed by atoms with van der Waals surface area (Å²) in [5, 5.41) is 0.571. The molecule has 0 saturated heterocycles. The van der Waals surface area contributed by atoms with E-state index in [1.54, 1.807) is 25.1 Å². The van der Waals surface area contributed by atoms with Crippen molar-refractivity contribution in [2.24, 2.45) is 5.73 Å². The molecule has 94 valence electrons. The predicted octanol–water partition coefficient (Wildman–Crippen LogP) is 4.04. The van der Waals surface area contributed by atoms with Crippen LogP contribution in [0.1, 0.15) is 11.1 Å². The quantitative estimate of drug-likeness (QED) is 0.909. The first-order chi connectivity index (χ1) is 8.60. The molecule has 0 saturated carbocycles. The fourth-order valence-corrected chi connectivity index (χ4v) is 1.80. The van der Waals surface area contributed by atoms with Gasteiger partial charge >= 0.3 is 0 Å².